The molecule has 0 radical (unpaired) electrons. The fourth-order valence-corrected chi connectivity index (χ4v) is 7.68. The zero-order valence-electron chi connectivity index (χ0n) is 27.8. The number of rotatable bonds is 6. The first-order valence-electron chi connectivity index (χ1n) is 17.4. The Morgan fingerprint density at radius 3 is 1.73 bits per heavy atom. The van der Waals surface area contributed by atoms with Gasteiger partial charge in [-0.1, -0.05) is 127 Å². The summed E-state index contributed by atoms with van der Waals surface area (Å²) in [4.78, 5) is 2.36. The molecule has 10 aromatic rings. The number of hydrogen-bond acceptors (Lipinski definition) is 2. The van der Waals surface area contributed by atoms with E-state index >= 15 is 0 Å². The molecule has 0 unspecified atom stereocenters. The van der Waals surface area contributed by atoms with Gasteiger partial charge in [-0.25, -0.2) is 0 Å². The number of fused-ring (bicyclic) bond motifs is 6. The lowest BCUT2D eigenvalue weighted by Crippen LogP contribution is -2.10. The van der Waals surface area contributed by atoms with E-state index in [4.69, 9.17) is 4.42 Å². The van der Waals surface area contributed by atoms with Crippen molar-refractivity contribution in [2.75, 3.05) is 4.90 Å². The summed E-state index contributed by atoms with van der Waals surface area (Å²) >= 11 is 0. The molecule has 0 aliphatic heterocycles. The van der Waals surface area contributed by atoms with Gasteiger partial charge in [0.15, 0.2) is 0 Å². The molecule has 0 atom stereocenters. The van der Waals surface area contributed by atoms with E-state index in [9.17, 15) is 0 Å². The first-order chi connectivity index (χ1) is 25.3. The van der Waals surface area contributed by atoms with E-state index in [0.717, 1.165) is 55.8 Å². The number of nitrogens with zero attached hydrogens (tertiary/aromatic N) is 2. The molecule has 0 amide bonds. The average molecular weight is 653 g/mol. The van der Waals surface area contributed by atoms with Gasteiger partial charge in [-0.2, -0.15) is 0 Å². The SMILES string of the molecule is c1ccc(-c2cccc(N(c3ccc(-c4cccc5oc6ccccc6c45)cc3)c3cccc(-n4c5ccccc5c5ccccc54)c3)c2)cc1. The van der Waals surface area contributed by atoms with Crippen LogP contribution in [-0.2, 0) is 0 Å². The number of aromatic nitrogens is 1. The Morgan fingerprint density at radius 2 is 0.961 bits per heavy atom. The van der Waals surface area contributed by atoms with Crippen molar-refractivity contribution < 1.29 is 4.42 Å². The first-order valence-corrected chi connectivity index (χ1v) is 17.4. The van der Waals surface area contributed by atoms with Crippen molar-refractivity contribution in [3.63, 3.8) is 0 Å². The van der Waals surface area contributed by atoms with Crippen LogP contribution in [0.2, 0.25) is 0 Å². The van der Waals surface area contributed by atoms with Crippen molar-refractivity contribution in [2.45, 2.75) is 0 Å². The quantitative estimate of drug-likeness (QED) is 0.178. The highest BCUT2D eigenvalue weighted by Gasteiger charge is 2.18. The second kappa shape index (κ2) is 11.9. The molecule has 51 heavy (non-hydrogen) atoms. The first kappa shape index (κ1) is 29.1. The van der Waals surface area contributed by atoms with Gasteiger partial charge in [0, 0.05) is 44.3 Å². The van der Waals surface area contributed by atoms with Crippen LogP contribution in [0.4, 0.5) is 17.1 Å². The van der Waals surface area contributed by atoms with Gasteiger partial charge in [-0.15, -0.1) is 0 Å². The molecule has 0 bridgehead atoms. The molecule has 0 aliphatic rings. The monoisotopic (exact) mass is 652 g/mol. The number of furan rings is 1. The highest BCUT2D eigenvalue weighted by atomic mass is 16.3. The van der Waals surface area contributed by atoms with Gasteiger partial charge in [-0.05, 0) is 89.0 Å². The maximum absolute atomic E-state index is 6.22. The summed E-state index contributed by atoms with van der Waals surface area (Å²) in [7, 11) is 0. The summed E-state index contributed by atoms with van der Waals surface area (Å²) < 4.78 is 8.61. The fourth-order valence-electron chi connectivity index (χ4n) is 7.68. The molecule has 0 aliphatic carbocycles. The summed E-state index contributed by atoms with van der Waals surface area (Å²) in [5.74, 6) is 0. The Bertz CT molecular complexity index is 2810. The maximum atomic E-state index is 6.22. The summed E-state index contributed by atoms with van der Waals surface area (Å²) in [6, 6.07) is 69.2. The van der Waals surface area contributed by atoms with Crippen LogP contribution in [0.15, 0.2) is 199 Å². The van der Waals surface area contributed by atoms with Crippen molar-refractivity contribution in [3.05, 3.63) is 194 Å². The Labute approximate surface area is 295 Å². The van der Waals surface area contributed by atoms with Crippen molar-refractivity contribution in [1.82, 2.24) is 4.57 Å². The van der Waals surface area contributed by atoms with Gasteiger partial charge in [-0.3, -0.25) is 0 Å². The van der Waals surface area contributed by atoms with Crippen LogP contribution >= 0.6 is 0 Å². The zero-order chi connectivity index (χ0) is 33.7. The Balaban J connectivity index is 1.14. The predicted molar refractivity (Wildman–Crippen MR) is 214 cm³/mol. The van der Waals surface area contributed by atoms with Crippen molar-refractivity contribution in [1.29, 1.82) is 0 Å². The van der Waals surface area contributed by atoms with Gasteiger partial charge < -0.3 is 13.9 Å². The van der Waals surface area contributed by atoms with E-state index in [-0.39, 0.29) is 0 Å². The molecular formula is C48H32N2O. The van der Waals surface area contributed by atoms with E-state index < -0.39 is 0 Å². The van der Waals surface area contributed by atoms with Gasteiger partial charge in [0.2, 0.25) is 0 Å². The van der Waals surface area contributed by atoms with Gasteiger partial charge in [0.1, 0.15) is 11.2 Å². The lowest BCUT2D eigenvalue weighted by atomic mass is 9.99. The molecule has 0 spiro atoms. The number of hydrogen-bond donors (Lipinski definition) is 0. The third-order valence-electron chi connectivity index (χ3n) is 9.98. The van der Waals surface area contributed by atoms with Crippen molar-refractivity contribution >= 4 is 60.8 Å². The lowest BCUT2D eigenvalue weighted by molar-refractivity contribution is 0.669. The van der Waals surface area contributed by atoms with Crippen LogP contribution in [0.25, 0.3) is 71.7 Å². The van der Waals surface area contributed by atoms with E-state index in [1.807, 2.05) is 12.1 Å². The minimum absolute atomic E-state index is 0.902. The smallest absolute Gasteiger partial charge is 0.136 e. The number of benzene rings is 8. The number of para-hydroxylation sites is 3. The van der Waals surface area contributed by atoms with Crippen LogP contribution < -0.4 is 4.90 Å². The average Bonchev–Trinajstić information content (AvgIpc) is 3.75. The second-order valence-corrected chi connectivity index (χ2v) is 13.0. The fraction of sp³-hybridized carbons (Fsp3) is 0. The van der Waals surface area contributed by atoms with Crippen LogP contribution in [0.5, 0.6) is 0 Å². The highest BCUT2D eigenvalue weighted by Crippen LogP contribution is 2.41. The molecule has 3 nitrogen and oxygen atoms in total. The second-order valence-electron chi connectivity index (χ2n) is 13.0. The van der Waals surface area contributed by atoms with Gasteiger partial charge in [0.05, 0.1) is 11.0 Å². The largest absolute Gasteiger partial charge is 0.456 e. The van der Waals surface area contributed by atoms with Gasteiger partial charge in [0.25, 0.3) is 0 Å². The van der Waals surface area contributed by atoms with Crippen LogP contribution in [0, 0.1) is 0 Å². The summed E-state index contributed by atoms with van der Waals surface area (Å²) in [6.45, 7) is 0. The van der Waals surface area contributed by atoms with Crippen LogP contribution in [0.1, 0.15) is 0 Å². The lowest BCUT2D eigenvalue weighted by Gasteiger charge is -2.27. The Morgan fingerprint density at radius 1 is 0.373 bits per heavy atom. The van der Waals surface area contributed by atoms with Crippen molar-refractivity contribution in [3.8, 4) is 27.9 Å². The molecule has 2 heterocycles. The predicted octanol–water partition coefficient (Wildman–Crippen LogP) is 13.5. The maximum Gasteiger partial charge on any atom is 0.136 e. The molecular weight excluding hydrogens is 621 g/mol. The standard InChI is InChI=1S/C48H32N2O/c1-2-13-33(14-3-1)35-15-10-16-37(31-35)49(36-29-27-34(28-30-36)40-22-12-26-47-48(40)43-21-6-9-25-46(43)51-47)38-17-11-18-39(32-38)50-44-23-7-4-19-41(44)42-20-5-8-24-45(42)50/h1-32H. The molecule has 10 rings (SSSR count). The molecule has 3 heteroatoms. The van der Waals surface area contributed by atoms with Crippen molar-refractivity contribution in [2.24, 2.45) is 0 Å². The third kappa shape index (κ3) is 4.90. The Kier molecular flexibility index (Phi) is 6.81. The number of anilines is 3. The van der Waals surface area contributed by atoms with E-state index in [2.05, 4.69) is 191 Å². The summed E-state index contributed by atoms with van der Waals surface area (Å²) in [6.07, 6.45) is 0. The van der Waals surface area contributed by atoms with E-state index in [1.165, 1.54) is 32.9 Å². The minimum atomic E-state index is 0.902. The summed E-state index contributed by atoms with van der Waals surface area (Å²) in [5, 5.41) is 4.78. The van der Waals surface area contributed by atoms with E-state index in [1.54, 1.807) is 0 Å². The molecule has 0 N–H and O–H groups in total. The topological polar surface area (TPSA) is 21.3 Å². The van der Waals surface area contributed by atoms with Crippen LogP contribution in [0.3, 0.4) is 0 Å². The van der Waals surface area contributed by atoms with Crippen LogP contribution in [-0.4, -0.2) is 4.57 Å². The Hall–Kier alpha value is -6.84. The molecule has 0 saturated carbocycles. The normalized spacial score (nSPS) is 11.5. The highest BCUT2D eigenvalue weighted by molar-refractivity contribution is 6.12. The molecule has 2 aromatic heterocycles. The van der Waals surface area contributed by atoms with E-state index in [0.29, 0.717) is 0 Å². The summed E-state index contributed by atoms with van der Waals surface area (Å²) in [5.41, 5.74) is 13.2. The molecule has 8 aromatic carbocycles. The van der Waals surface area contributed by atoms with Gasteiger partial charge >= 0.3 is 0 Å². The zero-order valence-corrected chi connectivity index (χ0v) is 27.8. The minimum Gasteiger partial charge on any atom is -0.456 e. The molecule has 0 fully saturated rings. The third-order valence-corrected chi connectivity index (χ3v) is 9.98. The molecule has 240 valence electrons. The molecule has 0 saturated heterocycles.